The summed E-state index contributed by atoms with van der Waals surface area (Å²) in [7, 11) is 1.61. The average molecular weight is 343 g/mol. The van der Waals surface area contributed by atoms with Crippen LogP contribution in [0, 0.1) is 0 Å². The van der Waals surface area contributed by atoms with Gasteiger partial charge in [0.1, 0.15) is 5.75 Å². The zero-order valence-electron chi connectivity index (χ0n) is 11.6. The van der Waals surface area contributed by atoms with Crippen LogP contribution >= 0.6 is 15.9 Å². The Hall–Kier alpha value is -2.13. The Morgan fingerprint density at radius 1 is 0.952 bits per heavy atom. The third-order valence-electron chi connectivity index (χ3n) is 2.90. The quantitative estimate of drug-likeness (QED) is 0.732. The molecule has 0 aromatic heterocycles. The van der Waals surface area contributed by atoms with Crippen molar-refractivity contribution in [2.24, 2.45) is 0 Å². The fourth-order valence-electron chi connectivity index (χ4n) is 1.81. The van der Waals surface area contributed by atoms with Crippen LogP contribution in [0.3, 0.4) is 0 Å². The summed E-state index contributed by atoms with van der Waals surface area (Å²) in [5, 5.41) is 0. The summed E-state index contributed by atoms with van der Waals surface area (Å²) in [6, 6.07) is 15.3. The topological polar surface area (TPSA) is 26.3 Å². The highest BCUT2D eigenvalue weighted by molar-refractivity contribution is 9.10. The normalized spacial score (nSPS) is 11.1. The van der Waals surface area contributed by atoms with Gasteiger partial charge in [0.15, 0.2) is 5.78 Å². The summed E-state index contributed by atoms with van der Waals surface area (Å²) >= 11 is 3.44. The maximum atomic E-state index is 11.9. The molecule has 2 aromatic rings. The van der Waals surface area contributed by atoms with Gasteiger partial charge in [0.25, 0.3) is 0 Å². The van der Waals surface area contributed by atoms with Gasteiger partial charge in [0.2, 0.25) is 0 Å². The number of ether oxygens (including phenoxy) is 1. The molecule has 2 aromatic carbocycles. The van der Waals surface area contributed by atoms with Gasteiger partial charge in [0, 0.05) is 10.0 Å². The van der Waals surface area contributed by atoms with Crippen LogP contribution in [-0.2, 0) is 4.79 Å². The Morgan fingerprint density at radius 3 is 2.19 bits per heavy atom. The molecule has 0 spiro atoms. The van der Waals surface area contributed by atoms with E-state index in [0.29, 0.717) is 0 Å². The van der Waals surface area contributed by atoms with Crippen molar-refractivity contribution < 1.29 is 9.53 Å². The second kappa shape index (κ2) is 7.60. The molecule has 0 aliphatic carbocycles. The average Bonchev–Trinajstić information content (AvgIpc) is 2.52. The number of benzene rings is 2. The van der Waals surface area contributed by atoms with Gasteiger partial charge in [0.05, 0.1) is 7.11 Å². The van der Waals surface area contributed by atoms with E-state index >= 15 is 0 Å². The predicted octanol–water partition coefficient (Wildman–Crippen LogP) is 4.75. The summed E-state index contributed by atoms with van der Waals surface area (Å²) in [5.74, 6) is 0.674. The van der Waals surface area contributed by atoms with Crippen molar-refractivity contribution in [1.82, 2.24) is 0 Å². The SMILES string of the molecule is COc1ccccc1/C=C/C(=O)/C=C/c1ccccc1Br. The Morgan fingerprint density at radius 2 is 1.52 bits per heavy atom. The number of para-hydroxylation sites is 1. The Balaban J connectivity index is 2.08. The van der Waals surface area contributed by atoms with Crippen molar-refractivity contribution in [1.29, 1.82) is 0 Å². The van der Waals surface area contributed by atoms with E-state index in [0.717, 1.165) is 21.3 Å². The first-order valence-corrected chi connectivity index (χ1v) is 7.27. The lowest BCUT2D eigenvalue weighted by Crippen LogP contribution is -1.88. The Labute approximate surface area is 132 Å². The first-order valence-electron chi connectivity index (χ1n) is 6.48. The van der Waals surface area contributed by atoms with Crippen molar-refractivity contribution in [3.05, 3.63) is 76.3 Å². The van der Waals surface area contributed by atoms with Gasteiger partial charge in [-0.05, 0) is 42.0 Å². The van der Waals surface area contributed by atoms with Gasteiger partial charge in [-0.25, -0.2) is 0 Å². The smallest absolute Gasteiger partial charge is 0.178 e. The third-order valence-corrected chi connectivity index (χ3v) is 3.62. The second-order valence-electron chi connectivity index (χ2n) is 4.33. The largest absolute Gasteiger partial charge is 0.496 e. The number of methoxy groups -OCH3 is 1. The molecule has 0 unspecified atom stereocenters. The van der Waals surface area contributed by atoms with Gasteiger partial charge >= 0.3 is 0 Å². The van der Waals surface area contributed by atoms with E-state index in [2.05, 4.69) is 15.9 Å². The van der Waals surface area contributed by atoms with E-state index in [9.17, 15) is 4.79 Å². The molecular weight excluding hydrogens is 328 g/mol. The second-order valence-corrected chi connectivity index (χ2v) is 5.19. The number of halogens is 1. The summed E-state index contributed by atoms with van der Waals surface area (Å²) in [4.78, 5) is 11.9. The van der Waals surface area contributed by atoms with Crippen LogP contribution in [0.1, 0.15) is 11.1 Å². The van der Waals surface area contributed by atoms with Crippen LogP contribution in [0.25, 0.3) is 12.2 Å². The Bertz CT molecular complexity index is 687. The van der Waals surface area contributed by atoms with Gasteiger partial charge in [-0.1, -0.05) is 52.3 Å². The number of carbonyl (C=O) groups is 1. The molecule has 3 heteroatoms. The maximum Gasteiger partial charge on any atom is 0.178 e. The van der Waals surface area contributed by atoms with Crippen LogP contribution in [0.5, 0.6) is 5.75 Å². The minimum atomic E-state index is -0.0725. The molecule has 0 aliphatic heterocycles. The summed E-state index contributed by atoms with van der Waals surface area (Å²) in [6.45, 7) is 0. The van der Waals surface area contributed by atoms with Crippen LogP contribution in [0.15, 0.2) is 65.2 Å². The van der Waals surface area contributed by atoms with Crippen LogP contribution in [0.4, 0.5) is 0 Å². The zero-order valence-corrected chi connectivity index (χ0v) is 13.2. The number of rotatable bonds is 5. The van der Waals surface area contributed by atoms with Crippen molar-refractivity contribution in [2.45, 2.75) is 0 Å². The molecule has 0 aliphatic rings. The van der Waals surface area contributed by atoms with Crippen LogP contribution in [-0.4, -0.2) is 12.9 Å². The minimum Gasteiger partial charge on any atom is -0.496 e. The molecule has 0 N–H and O–H groups in total. The highest BCUT2D eigenvalue weighted by Gasteiger charge is 1.98. The lowest BCUT2D eigenvalue weighted by atomic mass is 10.1. The van der Waals surface area contributed by atoms with E-state index in [-0.39, 0.29) is 5.78 Å². The number of carbonyl (C=O) groups excluding carboxylic acids is 1. The molecule has 0 heterocycles. The predicted molar refractivity (Wildman–Crippen MR) is 90.2 cm³/mol. The van der Waals surface area contributed by atoms with Crippen molar-refractivity contribution in [2.75, 3.05) is 7.11 Å². The van der Waals surface area contributed by atoms with E-state index in [1.54, 1.807) is 25.3 Å². The molecule has 2 nitrogen and oxygen atoms in total. The number of allylic oxidation sites excluding steroid dienone is 2. The van der Waals surface area contributed by atoms with Gasteiger partial charge in [-0.15, -0.1) is 0 Å². The summed E-state index contributed by atoms with van der Waals surface area (Å²) in [5.41, 5.74) is 1.85. The summed E-state index contributed by atoms with van der Waals surface area (Å²) in [6.07, 6.45) is 6.63. The fourth-order valence-corrected chi connectivity index (χ4v) is 2.23. The molecule has 0 saturated heterocycles. The Kier molecular flexibility index (Phi) is 5.52. The van der Waals surface area contributed by atoms with Gasteiger partial charge in [-0.3, -0.25) is 4.79 Å². The van der Waals surface area contributed by atoms with E-state index < -0.39 is 0 Å². The molecule has 0 bridgehead atoms. The van der Waals surface area contributed by atoms with Crippen molar-refractivity contribution in [3.63, 3.8) is 0 Å². The minimum absolute atomic E-state index is 0.0725. The molecule has 106 valence electrons. The van der Waals surface area contributed by atoms with E-state index in [1.807, 2.05) is 48.5 Å². The molecule has 2 rings (SSSR count). The maximum absolute atomic E-state index is 11.9. The molecule has 0 radical (unpaired) electrons. The van der Waals surface area contributed by atoms with Crippen molar-refractivity contribution >= 4 is 33.9 Å². The first kappa shape index (κ1) is 15.3. The summed E-state index contributed by atoms with van der Waals surface area (Å²) < 4.78 is 6.20. The van der Waals surface area contributed by atoms with Crippen LogP contribution in [0.2, 0.25) is 0 Å². The van der Waals surface area contributed by atoms with E-state index in [4.69, 9.17) is 4.74 Å². The highest BCUT2D eigenvalue weighted by atomic mass is 79.9. The molecule has 0 fully saturated rings. The van der Waals surface area contributed by atoms with Crippen molar-refractivity contribution in [3.8, 4) is 5.75 Å². The lowest BCUT2D eigenvalue weighted by Gasteiger charge is -2.02. The van der Waals surface area contributed by atoms with Gasteiger partial charge in [-0.2, -0.15) is 0 Å². The molecule has 0 atom stereocenters. The van der Waals surface area contributed by atoms with Crippen LogP contribution < -0.4 is 4.74 Å². The lowest BCUT2D eigenvalue weighted by molar-refractivity contribution is -0.110. The molecular formula is C18H15BrO2. The third kappa shape index (κ3) is 4.43. The molecule has 0 saturated carbocycles. The number of hydrogen-bond donors (Lipinski definition) is 0. The standard InChI is InChI=1S/C18H15BrO2/c1-21-18-9-5-3-7-15(18)11-13-16(20)12-10-14-6-2-4-8-17(14)19/h2-13H,1H3/b12-10+,13-11+. The molecule has 21 heavy (non-hydrogen) atoms. The van der Waals surface area contributed by atoms with Gasteiger partial charge < -0.3 is 4.74 Å². The number of ketones is 1. The first-order chi connectivity index (χ1) is 10.2. The molecule has 0 amide bonds. The fraction of sp³-hybridized carbons (Fsp3) is 0.0556. The highest BCUT2D eigenvalue weighted by Crippen LogP contribution is 2.19. The number of hydrogen-bond acceptors (Lipinski definition) is 2. The monoisotopic (exact) mass is 342 g/mol. The van der Waals surface area contributed by atoms with E-state index in [1.165, 1.54) is 6.08 Å². The zero-order chi connectivity index (χ0) is 15.1.